The number of unbranched alkanes of at least 4 members (excludes halogenated alkanes) is 51. The predicted octanol–water partition coefficient (Wildman–Crippen LogP) is 25.1. The Morgan fingerprint density at radius 3 is 0.989 bits per heavy atom. The van der Waals surface area contributed by atoms with Crippen LogP contribution < -0.4 is 5.32 Å². The smallest absolute Gasteiger partial charge is 0.387 e. The first-order valence-electron chi connectivity index (χ1n) is 38.7. The van der Waals surface area contributed by atoms with E-state index in [0.717, 1.165) is 51.4 Å². The minimum atomic E-state index is -4.36. The van der Waals surface area contributed by atoms with Crippen molar-refractivity contribution < 1.29 is 32.9 Å². The third-order valence-electron chi connectivity index (χ3n) is 17.7. The molecule has 0 heterocycles. The van der Waals surface area contributed by atoms with E-state index in [9.17, 15) is 19.4 Å². The number of aliphatic hydroxyl groups is 1. The Labute approximate surface area is 549 Å². The van der Waals surface area contributed by atoms with E-state index in [1.165, 1.54) is 315 Å². The third-order valence-corrected chi connectivity index (χ3v) is 18.7. The molecule has 0 rings (SSSR count). The van der Waals surface area contributed by atoms with Crippen LogP contribution in [0.2, 0.25) is 0 Å². The highest BCUT2D eigenvalue weighted by Crippen LogP contribution is 2.43. The van der Waals surface area contributed by atoms with Crippen LogP contribution >= 0.6 is 7.82 Å². The van der Waals surface area contributed by atoms with Crippen molar-refractivity contribution in [3.05, 3.63) is 60.8 Å². The summed E-state index contributed by atoms with van der Waals surface area (Å²) in [7, 11) is 1.57. The van der Waals surface area contributed by atoms with Gasteiger partial charge in [0, 0.05) is 6.42 Å². The van der Waals surface area contributed by atoms with E-state index in [1.807, 2.05) is 27.2 Å². The molecule has 0 aliphatic rings. The van der Waals surface area contributed by atoms with Gasteiger partial charge in [-0.3, -0.25) is 13.8 Å². The molecule has 0 aliphatic carbocycles. The summed E-state index contributed by atoms with van der Waals surface area (Å²) >= 11 is 0. The second-order valence-electron chi connectivity index (χ2n) is 27.7. The van der Waals surface area contributed by atoms with Gasteiger partial charge in [0.25, 0.3) is 0 Å². The number of aliphatic hydroxyl groups excluding tert-OH is 1. The maximum Gasteiger partial charge on any atom is 0.472 e. The summed E-state index contributed by atoms with van der Waals surface area (Å²) in [6, 6.07) is -0.865. The summed E-state index contributed by atoms with van der Waals surface area (Å²) in [6.45, 7) is 4.84. The van der Waals surface area contributed by atoms with Gasteiger partial charge in [-0.1, -0.05) is 370 Å². The molecule has 0 fully saturated rings. The third kappa shape index (κ3) is 71.6. The van der Waals surface area contributed by atoms with Gasteiger partial charge in [0.1, 0.15) is 13.2 Å². The quantitative estimate of drug-likeness (QED) is 0.0243. The summed E-state index contributed by atoms with van der Waals surface area (Å²) in [5.74, 6) is -0.179. The monoisotopic (exact) mass is 1260 g/mol. The molecule has 9 heteroatoms. The first-order chi connectivity index (χ1) is 43.0. The zero-order chi connectivity index (χ0) is 64.1. The predicted molar refractivity (Wildman–Crippen MR) is 387 cm³/mol. The Balaban J connectivity index is 3.95. The summed E-state index contributed by atoms with van der Waals surface area (Å²) in [5, 5.41) is 14.0. The van der Waals surface area contributed by atoms with Crippen LogP contribution in [0.25, 0.3) is 0 Å². The largest absolute Gasteiger partial charge is 0.472 e. The number of rotatable bonds is 72. The zero-order valence-corrected chi connectivity index (χ0v) is 60.4. The lowest BCUT2D eigenvalue weighted by Crippen LogP contribution is -2.45. The molecular formula is C79H152N2O6P+. The second kappa shape index (κ2) is 69.5. The molecule has 0 aromatic heterocycles. The van der Waals surface area contributed by atoms with Crippen molar-refractivity contribution in [3.8, 4) is 0 Å². The summed E-state index contributed by atoms with van der Waals surface area (Å²) < 4.78 is 23.8. The number of nitrogens with one attached hydrogen (secondary N) is 1. The van der Waals surface area contributed by atoms with Gasteiger partial charge < -0.3 is 19.8 Å². The summed E-state index contributed by atoms with van der Waals surface area (Å²) in [4.78, 5) is 23.5. The van der Waals surface area contributed by atoms with Crippen LogP contribution in [0.4, 0.5) is 0 Å². The minimum Gasteiger partial charge on any atom is -0.387 e. The number of phosphoric acid groups is 1. The molecule has 0 bridgehead atoms. The van der Waals surface area contributed by atoms with Gasteiger partial charge >= 0.3 is 7.82 Å². The van der Waals surface area contributed by atoms with E-state index < -0.39 is 20.0 Å². The molecule has 0 saturated heterocycles. The van der Waals surface area contributed by atoms with E-state index in [4.69, 9.17) is 9.05 Å². The molecule has 3 N–H and O–H groups in total. The topological polar surface area (TPSA) is 105 Å². The molecule has 0 aromatic carbocycles. The fourth-order valence-corrected chi connectivity index (χ4v) is 12.5. The fourth-order valence-electron chi connectivity index (χ4n) is 11.7. The van der Waals surface area contributed by atoms with Gasteiger partial charge in [0.2, 0.25) is 5.91 Å². The molecule has 0 spiro atoms. The molecule has 8 nitrogen and oxygen atoms in total. The van der Waals surface area contributed by atoms with Gasteiger partial charge in [-0.05, 0) is 70.6 Å². The number of hydrogen-bond acceptors (Lipinski definition) is 5. The van der Waals surface area contributed by atoms with E-state index in [2.05, 4.69) is 67.8 Å². The van der Waals surface area contributed by atoms with Gasteiger partial charge in [-0.25, -0.2) is 4.57 Å². The van der Waals surface area contributed by atoms with E-state index in [-0.39, 0.29) is 19.1 Å². The number of nitrogens with zero attached hydrogens (tertiary/aromatic N) is 1. The lowest BCUT2D eigenvalue weighted by Gasteiger charge is -2.25. The molecule has 0 radical (unpaired) electrons. The molecule has 3 atom stereocenters. The van der Waals surface area contributed by atoms with Gasteiger partial charge in [0.05, 0.1) is 39.9 Å². The van der Waals surface area contributed by atoms with E-state index in [0.29, 0.717) is 17.4 Å². The second-order valence-corrected chi connectivity index (χ2v) is 29.2. The van der Waals surface area contributed by atoms with Crippen molar-refractivity contribution >= 4 is 13.7 Å². The molecular weight excluding hydrogens is 1100 g/mol. The Morgan fingerprint density at radius 1 is 0.386 bits per heavy atom. The van der Waals surface area contributed by atoms with Crippen molar-refractivity contribution in [1.29, 1.82) is 0 Å². The standard InChI is InChI=1S/C79H151N2O6P/c1-6-8-10-12-14-16-18-20-22-24-26-28-30-32-33-34-35-36-37-38-39-40-41-42-43-44-45-46-47-49-51-53-55-57-59-61-63-65-67-69-71-73-79(83)80-77(76-87-88(84,85)86-75-74-81(3,4)5)78(82)72-70-68-66-64-62-60-58-56-54-52-50-48-31-29-27-25-23-21-19-17-15-13-11-9-7-2/h18,20,24,26,30,32,62,64,70,72,77-78,82H,6-17,19,21-23,25,27-29,31,33-61,63,65-69,71,73-76H2,1-5H3,(H-,80,83,84,85)/p+1/b20-18-,26-24-,32-30-,64-62+,72-70+. The molecule has 0 saturated carbocycles. The first-order valence-corrected chi connectivity index (χ1v) is 40.2. The Kier molecular flexibility index (Phi) is 68.1. The SMILES string of the molecule is CCCCCCC/C=C\C/C=C\C/C=C\CCCCCCCCCCCCCCCCCCCCCCCCCCCCC(=O)NC(COP(=O)(O)OCC[N+](C)(C)C)C(O)/C=C/CC/C=C/CCCCCCCCCCCCCCCCCCCCC. The summed E-state index contributed by atoms with van der Waals surface area (Å²) in [5.41, 5.74) is 0. The van der Waals surface area contributed by atoms with Gasteiger partial charge in [-0.2, -0.15) is 0 Å². The van der Waals surface area contributed by atoms with Crippen LogP contribution in [0.3, 0.4) is 0 Å². The molecule has 0 aromatic rings. The van der Waals surface area contributed by atoms with Crippen LogP contribution in [-0.2, 0) is 18.4 Å². The van der Waals surface area contributed by atoms with Crippen molar-refractivity contribution in [2.24, 2.45) is 0 Å². The lowest BCUT2D eigenvalue weighted by atomic mass is 10.0. The highest BCUT2D eigenvalue weighted by molar-refractivity contribution is 7.47. The van der Waals surface area contributed by atoms with Crippen LogP contribution in [0, 0.1) is 0 Å². The maximum absolute atomic E-state index is 13.1. The van der Waals surface area contributed by atoms with E-state index in [1.54, 1.807) is 6.08 Å². The Hall–Kier alpha value is -1.80. The maximum atomic E-state index is 13.1. The molecule has 0 aliphatic heterocycles. The van der Waals surface area contributed by atoms with Crippen molar-refractivity contribution in [1.82, 2.24) is 5.32 Å². The molecule has 88 heavy (non-hydrogen) atoms. The van der Waals surface area contributed by atoms with Crippen molar-refractivity contribution in [2.45, 2.75) is 398 Å². The number of quaternary nitrogens is 1. The van der Waals surface area contributed by atoms with Crippen LogP contribution in [0.1, 0.15) is 386 Å². The molecule has 518 valence electrons. The fraction of sp³-hybridized carbons (Fsp3) is 0.861. The number of phosphoric ester groups is 1. The number of carbonyl (C=O) groups excluding carboxylic acids is 1. The zero-order valence-electron chi connectivity index (χ0n) is 59.5. The van der Waals surface area contributed by atoms with Crippen LogP contribution in [0.5, 0.6) is 0 Å². The van der Waals surface area contributed by atoms with Crippen LogP contribution in [0.15, 0.2) is 60.8 Å². The Bertz CT molecular complexity index is 1620. The number of likely N-dealkylation sites (N-methyl/N-ethyl adjacent to an activating group) is 1. The first kappa shape index (κ1) is 86.2. The Morgan fingerprint density at radius 2 is 0.659 bits per heavy atom. The van der Waals surface area contributed by atoms with Crippen LogP contribution in [-0.4, -0.2) is 73.4 Å². The number of amides is 1. The highest BCUT2D eigenvalue weighted by atomic mass is 31.2. The van der Waals surface area contributed by atoms with Crippen molar-refractivity contribution in [3.63, 3.8) is 0 Å². The molecule has 3 unspecified atom stereocenters. The number of allylic oxidation sites excluding steroid dienone is 9. The summed E-state index contributed by atoms with van der Waals surface area (Å²) in [6.07, 6.45) is 97.0. The average Bonchev–Trinajstić information content (AvgIpc) is 3.71. The lowest BCUT2D eigenvalue weighted by molar-refractivity contribution is -0.870. The number of hydrogen-bond donors (Lipinski definition) is 3. The molecule has 1 amide bonds. The average molecular weight is 1260 g/mol. The van der Waals surface area contributed by atoms with Crippen molar-refractivity contribution in [2.75, 3.05) is 40.9 Å². The van der Waals surface area contributed by atoms with Gasteiger partial charge in [-0.15, -0.1) is 0 Å². The normalized spacial score (nSPS) is 13.9. The highest BCUT2D eigenvalue weighted by Gasteiger charge is 2.28. The van der Waals surface area contributed by atoms with Gasteiger partial charge in [0.15, 0.2) is 0 Å². The number of carbonyl (C=O) groups is 1. The van der Waals surface area contributed by atoms with E-state index >= 15 is 0 Å². The minimum absolute atomic E-state index is 0.0573.